The fraction of sp³-hybridized carbons (Fsp3) is 0.600. The summed E-state index contributed by atoms with van der Waals surface area (Å²) in [5, 5.41) is 0.00769. The Hall–Kier alpha value is -1.73. The Balaban J connectivity index is 2.05. The Labute approximate surface area is 162 Å². The highest BCUT2D eigenvalue weighted by Crippen LogP contribution is 2.37. The molecule has 0 unspecified atom stereocenters. The third-order valence-electron chi connectivity index (χ3n) is 5.54. The molecule has 1 aliphatic heterocycles. The van der Waals surface area contributed by atoms with Gasteiger partial charge in [-0.05, 0) is 30.1 Å². The zero-order valence-electron chi connectivity index (χ0n) is 16.8. The van der Waals surface area contributed by atoms with Crippen molar-refractivity contribution in [1.29, 1.82) is 0 Å². The number of rotatable bonds is 6. The van der Waals surface area contributed by atoms with Crippen LogP contribution in [0.2, 0.25) is 18.1 Å². The summed E-state index contributed by atoms with van der Waals surface area (Å²) in [7, 11) is -2.05. The van der Waals surface area contributed by atoms with Gasteiger partial charge in [0.1, 0.15) is 13.3 Å². The smallest absolute Gasteiger partial charge is 0.417 e. The van der Waals surface area contributed by atoms with E-state index in [0.29, 0.717) is 0 Å². The third kappa shape index (κ3) is 5.16. The molecule has 1 heterocycles. The van der Waals surface area contributed by atoms with E-state index in [4.69, 9.17) is 9.16 Å². The lowest BCUT2D eigenvalue weighted by Gasteiger charge is -2.37. The van der Waals surface area contributed by atoms with E-state index in [1.54, 1.807) is 0 Å². The number of carbonyl (C=O) groups excluding carboxylic acids is 2. The zero-order valence-corrected chi connectivity index (χ0v) is 17.8. The zero-order chi connectivity index (χ0) is 20.2. The molecule has 0 radical (unpaired) electrons. The summed E-state index contributed by atoms with van der Waals surface area (Å²) in [6, 6.07) is 8.74. The van der Waals surface area contributed by atoms with E-state index < -0.39 is 39.0 Å². The molecule has 150 valence electrons. The highest BCUT2D eigenvalue weighted by atomic mass is 28.4. The minimum Gasteiger partial charge on any atom is -0.444 e. The highest BCUT2D eigenvalue weighted by molar-refractivity contribution is 6.74. The predicted octanol–water partition coefficient (Wildman–Crippen LogP) is 4.53. The van der Waals surface area contributed by atoms with Gasteiger partial charge in [0.05, 0.1) is 18.6 Å². The molecular formula is C20H30FNO4Si. The molecule has 7 heteroatoms. The molecule has 1 aromatic rings. The van der Waals surface area contributed by atoms with E-state index >= 15 is 0 Å². The summed E-state index contributed by atoms with van der Waals surface area (Å²) in [6.45, 7) is 10.1. The van der Waals surface area contributed by atoms with Crippen molar-refractivity contribution in [2.75, 3.05) is 13.3 Å². The summed E-state index contributed by atoms with van der Waals surface area (Å²) in [5.74, 6) is -1.32. The molecule has 0 spiro atoms. The second-order valence-corrected chi connectivity index (χ2v) is 13.4. The maximum atomic E-state index is 13.2. The van der Waals surface area contributed by atoms with Gasteiger partial charge in [-0.15, -0.1) is 0 Å². The van der Waals surface area contributed by atoms with Crippen LogP contribution < -0.4 is 0 Å². The molecule has 0 aliphatic carbocycles. The van der Waals surface area contributed by atoms with Crippen LogP contribution >= 0.6 is 0 Å². The lowest BCUT2D eigenvalue weighted by atomic mass is 10.1. The fourth-order valence-electron chi connectivity index (χ4n) is 2.73. The minimum atomic E-state index is -2.05. The molecule has 0 saturated carbocycles. The predicted molar refractivity (Wildman–Crippen MR) is 104 cm³/mol. The molecule has 2 amide bonds. The summed E-state index contributed by atoms with van der Waals surface area (Å²) >= 11 is 0. The van der Waals surface area contributed by atoms with Crippen LogP contribution in [-0.4, -0.2) is 44.5 Å². The summed E-state index contributed by atoms with van der Waals surface area (Å²) in [5.41, 5.74) is 0.827. The van der Waals surface area contributed by atoms with Crippen LogP contribution in [0.1, 0.15) is 32.8 Å². The third-order valence-corrected chi connectivity index (χ3v) is 10.0. The molecule has 1 aromatic carbocycles. The molecule has 27 heavy (non-hydrogen) atoms. The normalized spacial score (nSPS) is 20.8. The Morgan fingerprint density at radius 3 is 2.44 bits per heavy atom. The number of amides is 2. The van der Waals surface area contributed by atoms with Gasteiger partial charge in [0.25, 0.3) is 0 Å². The van der Waals surface area contributed by atoms with Crippen LogP contribution in [-0.2, 0) is 20.6 Å². The first-order chi connectivity index (χ1) is 12.6. The van der Waals surface area contributed by atoms with Crippen LogP contribution in [0.4, 0.5) is 9.18 Å². The van der Waals surface area contributed by atoms with Crippen LogP contribution in [0.25, 0.3) is 0 Å². The second kappa shape index (κ2) is 8.52. The first-order valence-corrected chi connectivity index (χ1v) is 12.2. The van der Waals surface area contributed by atoms with Gasteiger partial charge in [-0.2, -0.15) is 0 Å². The topological polar surface area (TPSA) is 55.8 Å². The molecule has 2 atom stereocenters. The van der Waals surface area contributed by atoms with Gasteiger partial charge in [-0.25, -0.2) is 9.69 Å². The lowest BCUT2D eigenvalue weighted by molar-refractivity contribution is -0.131. The van der Waals surface area contributed by atoms with Gasteiger partial charge < -0.3 is 9.16 Å². The number of likely N-dealkylation sites (tertiary alicyclic amines) is 1. The molecule has 1 fully saturated rings. The maximum absolute atomic E-state index is 13.2. The maximum Gasteiger partial charge on any atom is 0.417 e. The summed E-state index contributed by atoms with van der Waals surface area (Å²) < 4.78 is 24.7. The average Bonchev–Trinajstić information content (AvgIpc) is 2.93. The Morgan fingerprint density at radius 1 is 1.26 bits per heavy atom. The second-order valence-electron chi connectivity index (χ2n) is 8.56. The number of imide groups is 1. The average molecular weight is 396 g/mol. The van der Waals surface area contributed by atoms with Crippen molar-refractivity contribution in [2.24, 2.45) is 5.92 Å². The van der Waals surface area contributed by atoms with Crippen molar-refractivity contribution < 1.29 is 23.1 Å². The number of ether oxygens (including phenoxy) is 1. The molecule has 1 saturated heterocycles. The van der Waals surface area contributed by atoms with E-state index in [0.717, 1.165) is 10.5 Å². The monoisotopic (exact) mass is 395 g/mol. The van der Waals surface area contributed by atoms with Crippen LogP contribution in [0.3, 0.4) is 0 Å². The lowest BCUT2D eigenvalue weighted by Crippen LogP contribution is -2.47. The van der Waals surface area contributed by atoms with Crippen molar-refractivity contribution in [3.05, 3.63) is 35.9 Å². The Morgan fingerprint density at radius 2 is 1.89 bits per heavy atom. The molecule has 0 N–H and O–H groups in total. The van der Waals surface area contributed by atoms with Gasteiger partial charge in [0, 0.05) is 0 Å². The van der Waals surface area contributed by atoms with Crippen LogP contribution in [0, 0.1) is 5.92 Å². The molecule has 0 aromatic heterocycles. The quantitative estimate of drug-likeness (QED) is 0.664. The summed E-state index contributed by atoms with van der Waals surface area (Å²) in [6.07, 6.45) is -0.464. The van der Waals surface area contributed by atoms with Crippen molar-refractivity contribution in [3.63, 3.8) is 0 Å². The molecule has 5 nitrogen and oxygen atoms in total. The van der Waals surface area contributed by atoms with E-state index in [1.807, 2.05) is 30.3 Å². The van der Waals surface area contributed by atoms with E-state index in [-0.39, 0.29) is 24.7 Å². The molecule has 0 bridgehead atoms. The van der Waals surface area contributed by atoms with Gasteiger partial charge in [0.15, 0.2) is 8.32 Å². The number of hydrogen-bond acceptors (Lipinski definition) is 4. The number of nitrogens with zero attached hydrogens (tertiary/aromatic N) is 1. The number of halogens is 1. The molecular weight excluding hydrogens is 365 g/mol. The summed E-state index contributed by atoms with van der Waals surface area (Å²) in [4.78, 5) is 26.1. The van der Waals surface area contributed by atoms with Crippen molar-refractivity contribution in [1.82, 2.24) is 4.90 Å². The number of hydrogen-bond donors (Lipinski definition) is 0. The van der Waals surface area contributed by atoms with E-state index in [2.05, 4.69) is 33.9 Å². The largest absolute Gasteiger partial charge is 0.444 e. The molecule has 2 rings (SSSR count). The van der Waals surface area contributed by atoms with Crippen molar-refractivity contribution in [3.8, 4) is 0 Å². The van der Waals surface area contributed by atoms with E-state index in [1.165, 1.54) is 0 Å². The first kappa shape index (κ1) is 21.6. The SMILES string of the molecule is CC(C)(C)[Si](C)(C)OC[C@@H]1C[C@H](CF)C(=O)N1C(=O)OCc1ccccc1. The van der Waals surface area contributed by atoms with Gasteiger partial charge >= 0.3 is 6.09 Å². The fourth-order valence-corrected chi connectivity index (χ4v) is 3.77. The van der Waals surface area contributed by atoms with Crippen molar-refractivity contribution >= 4 is 20.3 Å². The standard InChI is InChI=1S/C20H30FNO4Si/c1-20(2,3)27(4,5)26-14-17-11-16(12-21)18(23)22(17)19(24)25-13-15-9-7-6-8-10-15/h6-10,16-17H,11-14H2,1-5H3/t16-,17+/m1/s1. The van der Waals surface area contributed by atoms with Crippen LogP contribution in [0.15, 0.2) is 30.3 Å². The minimum absolute atomic E-state index is 0.00769. The highest BCUT2D eigenvalue weighted by Gasteiger charge is 2.46. The Kier molecular flexibility index (Phi) is 6.81. The molecule has 1 aliphatic rings. The van der Waals surface area contributed by atoms with Crippen LogP contribution in [0.5, 0.6) is 0 Å². The van der Waals surface area contributed by atoms with Gasteiger partial charge in [-0.3, -0.25) is 9.18 Å². The first-order valence-electron chi connectivity index (χ1n) is 9.30. The van der Waals surface area contributed by atoms with Crippen molar-refractivity contribution in [2.45, 2.75) is 58.0 Å². The van der Waals surface area contributed by atoms with Gasteiger partial charge in [-0.1, -0.05) is 51.1 Å². The Bertz CT molecular complexity index is 660. The number of alkyl halides is 1. The van der Waals surface area contributed by atoms with E-state index in [9.17, 15) is 14.0 Å². The number of benzene rings is 1. The van der Waals surface area contributed by atoms with Gasteiger partial charge in [0.2, 0.25) is 5.91 Å². The number of carbonyl (C=O) groups is 2.